The minimum Gasteiger partial charge on any atom is -0.341 e. The molecule has 2 saturated heterocycles. The Bertz CT molecular complexity index is 2380. The SMILES string of the molecule is CC(=Nc1ccc(Cl)c(Cl)c1)C1=CC2(NC(=O)c3ccccc3)[C@@H]3C(=O)N(c4ccc(Cl)c(Cl)c4)C(=O)[C@@H]3C1(C)[C@@H]1C(=O)N(c3ccc(Cl)c(Cl)c3)C(=O)[C@@H]12. The van der Waals surface area contributed by atoms with Crippen molar-refractivity contribution in [3.05, 3.63) is 132 Å². The van der Waals surface area contributed by atoms with Gasteiger partial charge >= 0.3 is 0 Å². The van der Waals surface area contributed by atoms with Crippen molar-refractivity contribution in [3.63, 3.8) is 0 Å². The fraction of sp³-hybridized carbons (Fsp3) is 0.200. The number of hydrogen-bond acceptors (Lipinski definition) is 6. The number of halogens is 6. The molecule has 4 aromatic rings. The zero-order valence-electron chi connectivity index (χ0n) is 28.6. The zero-order chi connectivity index (χ0) is 39.3. The number of benzene rings is 4. The van der Waals surface area contributed by atoms with Crippen molar-refractivity contribution in [3.8, 4) is 0 Å². The molecule has 5 aliphatic rings. The zero-order valence-corrected chi connectivity index (χ0v) is 33.2. The molecule has 0 aromatic heterocycles. The predicted octanol–water partition coefficient (Wildman–Crippen LogP) is 9.44. The lowest BCUT2D eigenvalue weighted by atomic mass is 9.41. The number of amides is 5. The number of imide groups is 2. The maximum atomic E-state index is 15.0. The maximum Gasteiger partial charge on any atom is 0.252 e. The lowest BCUT2D eigenvalue weighted by Gasteiger charge is -2.60. The van der Waals surface area contributed by atoms with Crippen LogP contribution in [-0.2, 0) is 19.2 Å². The minimum atomic E-state index is -1.95. The van der Waals surface area contributed by atoms with Crippen LogP contribution >= 0.6 is 69.6 Å². The number of carbonyl (C=O) groups is 5. The molecule has 0 spiro atoms. The number of anilines is 2. The number of allylic oxidation sites excluding steroid dienone is 1. The van der Waals surface area contributed by atoms with E-state index in [2.05, 4.69) is 5.32 Å². The van der Waals surface area contributed by atoms with Crippen LogP contribution in [0.5, 0.6) is 0 Å². The summed E-state index contributed by atoms with van der Waals surface area (Å²) in [5, 5.41) is 4.20. The van der Waals surface area contributed by atoms with E-state index in [1.807, 2.05) is 0 Å². The Labute approximate surface area is 344 Å². The number of nitrogens with one attached hydrogen (secondary N) is 1. The average Bonchev–Trinajstić information content (AvgIpc) is 3.60. The third kappa shape index (κ3) is 5.57. The van der Waals surface area contributed by atoms with Gasteiger partial charge in [0.25, 0.3) is 5.91 Å². The van der Waals surface area contributed by atoms with Crippen molar-refractivity contribution in [2.24, 2.45) is 34.1 Å². The van der Waals surface area contributed by atoms with Gasteiger partial charge in [0.05, 0.1) is 76.4 Å². The predicted molar refractivity (Wildman–Crippen MR) is 214 cm³/mol. The van der Waals surface area contributed by atoms with Crippen molar-refractivity contribution >= 4 is 122 Å². The second-order valence-corrected chi connectivity index (χ2v) is 16.5. The number of carbonyl (C=O) groups excluding carboxylic acids is 5. The normalized spacial score (nSPS) is 27.1. The van der Waals surface area contributed by atoms with Gasteiger partial charge in [0.1, 0.15) is 0 Å². The Morgan fingerprint density at radius 2 is 1.07 bits per heavy atom. The summed E-state index contributed by atoms with van der Waals surface area (Å²) in [5.41, 5.74) is -1.88. The van der Waals surface area contributed by atoms with Gasteiger partial charge in [-0.05, 0) is 79.2 Å². The first-order valence-corrected chi connectivity index (χ1v) is 19.1. The first-order chi connectivity index (χ1) is 26.1. The van der Waals surface area contributed by atoms with E-state index in [1.54, 1.807) is 68.5 Å². The molecule has 3 fully saturated rings. The lowest BCUT2D eigenvalue weighted by molar-refractivity contribution is -0.150. The molecule has 4 aromatic carbocycles. The summed E-state index contributed by atoms with van der Waals surface area (Å²) in [6.07, 6.45) is 1.64. The summed E-state index contributed by atoms with van der Waals surface area (Å²) in [6, 6.07) is 21.7. The number of hydrogen-bond donors (Lipinski definition) is 1. The van der Waals surface area contributed by atoms with Gasteiger partial charge < -0.3 is 5.32 Å². The molecule has 55 heavy (non-hydrogen) atoms. The molecule has 1 N–H and O–H groups in total. The van der Waals surface area contributed by atoms with Gasteiger partial charge in [-0.1, -0.05) is 101 Å². The van der Waals surface area contributed by atoms with E-state index in [0.717, 1.165) is 9.80 Å². The lowest BCUT2D eigenvalue weighted by Crippen LogP contribution is -2.73. The van der Waals surface area contributed by atoms with Crippen LogP contribution in [0, 0.1) is 29.1 Å². The molecule has 9 rings (SSSR count). The molecular weight excluding hydrogens is 829 g/mol. The highest BCUT2D eigenvalue weighted by atomic mass is 35.5. The van der Waals surface area contributed by atoms with Gasteiger partial charge in [0, 0.05) is 16.7 Å². The van der Waals surface area contributed by atoms with Crippen LogP contribution in [0.4, 0.5) is 17.1 Å². The van der Waals surface area contributed by atoms with Crippen molar-refractivity contribution in [1.29, 1.82) is 0 Å². The van der Waals surface area contributed by atoms with E-state index in [9.17, 15) is 14.4 Å². The fourth-order valence-electron chi connectivity index (χ4n) is 8.92. The van der Waals surface area contributed by atoms with E-state index >= 15 is 9.59 Å². The standard InChI is InChI=1S/C40H26Cl6N4O5/c1-18(47-20-8-11-24(41)27(44)14-20)23-17-40(48-34(51)19-6-4-3-5-7-19)32-30(35(52)49(37(32)54)21-9-12-25(42)28(45)15-21)39(23,2)31-33(40)38(55)50(36(31)53)22-10-13-26(43)29(46)16-22/h3-17,30-33H,1-2H3,(H,48,51)/t30-,31+,32+,33-,39?,40?. The van der Waals surface area contributed by atoms with Gasteiger partial charge in [-0.15, -0.1) is 0 Å². The van der Waals surface area contributed by atoms with Crippen LogP contribution in [-0.4, -0.2) is 40.8 Å². The molecule has 6 atom stereocenters. The van der Waals surface area contributed by atoms with Crippen LogP contribution in [0.3, 0.4) is 0 Å². The molecule has 2 aliphatic heterocycles. The quantitative estimate of drug-likeness (QED) is 0.153. The van der Waals surface area contributed by atoms with Crippen LogP contribution < -0.4 is 15.1 Å². The Morgan fingerprint density at radius 3 is 1.55 bits per heavy atom. The summed E-state index contributed by atoms with van der Waals surface area (Å²) in [6.45, 7) is 3.38. The molecule has 9 nitrogen and oxygen atoms in total. The van der Waals surface area contributed by atoms with Gasteiger partial charge in [0.15, 0.2) is 0 Å². The number of rotatable bonds is 6. The molecule has 0 radical (unpaired) electrons. The topological polar surface area (TPSA) is 116 Å². The van der Waals surface area contributed by atoms with Crippen LogP contribution in [0.2, 0.25) is 30.1 Å². The van der Waals surface area contributed by atoms with Crippen LogP contribution in [0.25, 0.3) is 0 Å². The molecule has 2 heterocycles. The monoisotopic (exact) mass is 852 g/mol. The van der Waals surface area contributed by atoms with Gasteiger partial charge in [-0.25, -0.2) is 9.80 Å². The van der Waals surface area contributed by atoms with Crippen molar-refractivity contribution < 1.29 is 24.0 Å². The second-order valence-electron chi connectivity index (χ2n) is 14.0. The molecule has 5 amide bonds. The molecule has 2 unspecified atom stereocenters. The van der Waals surface area contributed by atoms with Crippen LogP contribution in [0.15, 0.2) is 102 Å². The summed E-state index contributed by atoms with van der Waals surface area (Å²) in [4.78, 5) is 81.2. The van der Waals surface area contributed by atoms with E-state index in [4.69, 9.17) is 74.6 Å². The van der Waals surface area contributed by atoms with Crippen molar-refractivity contribution in [1.82, 2.24) is 5.32 Å². The molecule has 3 aliphatic carbocycles. The summed E-state index contributed by atoms with van der Waals surface area (Å²) in [7, 11) is 0. The number of nitrogens with zero attached hydrogens (tertiary/aromatic N) is 3. The first-order valence-electron chi connectivity index (χ1n) is 16.9. The second kappa shape index (κ2) is 13.5. The van der Waals surface area contributed by atoms with Crippen molar-refractivity contribution in [2.45, 2.75) is 19.4 Å². The van der Waals surface area contributed by atoms with Crippen molar-refractivity contribution in [2.75, 3.05) is 9.80 Å². The third-order valence-corrected chi connectivity index (χ3v) is 13.4. The Kier molecular flexibility index (Phi) is 9.23. The fourth-order valence-corrected chi connectivity index (χ4v) is 9.79. The molecule has 15 heteroatoms. The highest BCUT2D eigenvalue weighted by molar-refractivity contribution is 6.43. The molecule has 2 bridgehead atoms. The highest BCUT2D eigenvalue weighted by Gasteiger charge is 2.80. The highest BCUT2D eigenvalue weighted by Crippen LogP contribution is 2.68. The van der Waals surface area contributed by atoms with E-state index in [1.165, 1.54) is 36.4 Å². The first kappa shape index (κ1) is 37.7. The van der Waals surface area contributed by atoms with Gasteiger partial charge in [0.2, 0.25) is 23.6 Å². The Hall–Kier alpha value is -4.22. The molecule has 278 valence electrons. The summed E-state index contributed by atoms with van der Waals surface area (Å²) in [5.74, 6) is -8.64. The van der Waals surface area contributed by atoms with Gasteiger partial charge in [-0.3, -0.25) is 29.0 Å². The minimum absolute atomic E-state index is 0.0961. The van der Waals surface area contributed by atoms with E-state index in [-0.39, 0.29) is 42.1 Å². The maximum absolute atomic E-state index is 15.0. The Morgan fingerprint density at radius 1 is 0.618 bits per heavy atom. The molecular formula is C40H26Cl6N4O5. The molecule has 1 saturated carbocycles. The number of aliphatic imine (C=N–C) groups is 1. The van der Waals surface area contributed by atoms with E-state index < -0.39 is 64.2 Å². The Balaban J connectivity index is 1.40. The largest absolute Gasteiger partial charge is 0.341 e. The smallest absolute Gasteiger partial charge is 0.252 e. The van der Waals surface area contributed by atoms with E-state index in [0.29, 0.717) is 22.0 Å². The van der Waals surface area contributed by atoms with Crippen LogP contribution in [0.1, 0.15) is 24.2 Å². The van der Waals surface area contributed by atoms with Gasteiger partial charge in [-0.2, -0.15) is 0 Å². The summed E-state index contributed by atoms with van der Waals surface area (Å²) >= 11 is 37.7. The average molecular weight is 855 g/mol. The summed E-state index contributed by atoms with van der Waals surface area (Å²) < 4.78 is 0. The third-order valence-electron chi connectivity index (χ3n) is 11.2.